The Bertz CT molecular complexity index is 914. The number of nitrogens with zero attached hydrogens (tertiary/aromatic N) is 1. The van der Waals surface area contributed by atoms with Crippen molar-refractivity contribution in [3.63, 3.8) is 0 Å². The van der Waals surface area contributed by atoms with E-state index in [0.717, 1.165) is 5.56 Å². The van der Waals surface area contributed by atoms with E-state index in [4.69, 9.17) is 4.74 Å². The number of nitrogens with one attached hydrogen (secondary N) is 1. The molecule has 1 aliphatic heterocycles. The largest absolute Gasteiger partial charge is 0.455 e. The summed E-state index contributed by atoms with van der Waals surface area (Å²) in [6, 6.07) is 17.1. The number of likely N-dealkylation sites (tertiary alicyclic amines) is 1. The van der Waals surface area contributed by atoms with E-state index in [1.807, 2.05) is 54.6 Å². The van der Waals surface area contributed by atoms with Gasteiger partial charge in [-0.3, -0.25) is 14.4 Å². The van der Waals surface area contributed by atoms with E-state index in [-0.39, 0.29) is 18.4 Å². The Kier molecular flexibility index (Phi) is 7.10. The van der Waals surface area contributed by atoms with E-state index < -0.39 is 11.4 Å². The van der Waals surface area contributed by atoms with Crippen molar-refractivity contribution in [2.75, 3.05) is 25.0 Å². The first-order valence-electron chi connectivity index (χ1n) is 10.7. The summed E-state index contributed by atoms with van der Waals surface area (Å²) >= 11 is 0. The van der Waals surface area contributed by atoms with Crippen LogP contribution in [0, 0.1) is 0 Å². The van der Waals surface area contributed by atoms with E-state index in [2.05, 4.69) is 19.2 Å². The van der Waals surface area contributed by atoms with E-state index >= 15 is 0 Å². The van der Waals surface area contributed by atoms with Gasteiger partial charge in [0.2, 0.25) is 5.91 Å². The highest BCUT2D eigenvalue weighted by Crippen LogP contribution is 2.37. The van der Waals surface area contributed by atoms with Crippen LogP contribution in [0.3, 0.4) is 0 Å². The Morgan fingerprint density at radius 3 is 2.16 bits per heavy atom. The SMILES string of the molecule is CC(=O)N1CCC(C(=O)OCC(=O)Nc2ccc(C(C)C)cc2)(c2ccccc2)CC1. The number of amides is 2. The number of piperidine rings is 1. The fraction of sp³-hybridized carbons (Fsp3) is 0.400. The van der Waals surface area contributed by atoms with Crippen molar-refractivity contribution in [1.29, 1.82) is 0 Å². The van der Waals surface area contributed by atoms with Gasteiger partial charge in [-0.25, -0.2) is 0 Å². The van der Waals surface area contributed by atoms with Gasteiger partial charge in [0.1, 0.15) is 0 Å². The van der Waals surface area contributed by atoms with Gasteiger partial charge in [-0.1, -0.05) is 56.3 Å². The molecular formula is C25H30N2O4. The topological polar surface area (TPSA) is 75.7 Å². The molecule has 0 unspecified atom stereocenters. The fourth-order valence-corrected chi connectivity index (χ4v) is 3.99. The zero-order chi connectivity index (χ0) is 22.4. The predicted octanol–water partition coefficient (Wildman–Crippen LogP) is 3.87. The minimum atomic E-state index is -0.855. The van der Waals surface area contributed by atoms with Gasteiger partial charge in [0.05, 0.1) is 5.41 Å². The molecule has 1 heterocycles. The highest BCUT2D eigenvalue weighted by atomic mass is 16.5. The third-order valence-corrected chi connectivity index (χ3v) is 5.97. The molecule has 31 heavy (non-hydrogen) atoms. The van der Waals surface area contributed by atoms with Gasteiger partial charge in [0.25, 0.3) is 5.91 Å². The van der Waals surface area contributed by atoms with E-state index in [9.17, 15) is 14.4 Å². The quantitative estimate of drug-likeness (QED) is 0.717. The molecule has 6 nitrogen and oxygen atoms in total. The monoisotopic (exact) mass is 422 g/mol. The predicted molar refractivity (Wildman–Crippen MR) is 120 cm³/mol. The molecule has 3 rings (SSSR count). The second-order valence-corrected chi connectivity index (χ2v) is 8.36. The maximum atomic E-state index is 13.2. The van der Waals surface area contributed by atoms with Gasteiger partial charge in [-0.2, -0.15) is 0 Å². The molecule has 2 aromatic rings. The van der Waals surface area contributed by atoms with Crippen molar-refractivity contribution in [2.24, 2.45) is 0 Å². The molecule has 0 saturated carbocycles. The summed E-state index contributed by atoms with van der Waals surface area (Å²) in [5.74, 6) is -0.394. The number of anilines is 1. The van der Waals surface area contributed by atoms with Crippen molar-refractivity contribution >= 4 is 23.5 Å². The van der Waals surface area contributed by atoms with Crippen LogP contribution in [0.25, 0.3) is 0 Å². The Morgan fingerprint density at radius 2 is 1.61 bits per heavy atom. The van der Waals surface area contributed by atoms with E-state index in [1.54, 1.807) is 4.90 Å². The van der Waals surface area contributed by atoms with Crippen LogP contribution in [-0.2, 0) is 24.5 Å². The summed E-state index contributed by atoms with van der Waals surface area (Å²) in [5.41, 5.74) is 1.85. The molecule has 0 atom stereocenters. The van der Waals surface area contributed by atoms with Crippen molar-refractivity contribution in [2.45, 2.75) is 44.9 Å². The lowest BCUT2D eigenvalue weighted by Crippen LogP contribution is -2.49. The normalized spacial score (nSPS) is 15.4. The van der Waals surface area contributed by atoms with Crippen LogP contribution in [0.1, 0.15) is 50.7 Å². The Morgan fingerprint density at radius 1 is 1.00 bits per heavy atom. The van der Waals surface area contributed by atoms with Crippen LogP contribution < -0.4 is 5.32 Å². The summed E-state index contributed by atoms with van der Waals surface area (Å²) in [5, 5.41) is 2.77. The van der Waals surface area contributed by atoms with Crippen LogP contribution in [-0.4, -0.2) is 42.4 Å². The highest BCUT2D eigenvalue weighted by Gasteiger charge is 2.44. The molecule has 6 heteroatoms. The summed E-state index contributed by atoms with van der Waals surface area (Å²) < 4.78 is 5.48. The number of carbonyl (C=O) groups excluding carboxylic acids is 3. The van der Waals surface area contributed by atoms with Gasteiger partial charge in [0.15, 0.2) is 6.61 Å². The molecule has 1 saturated heterocycles. The molecule has 0 aromatic heterocycles. The lowest BCUT2D eigenvalue weighted by Gasteiger charge is -2.40. The molecular weight excluding hydrogens is 392 g/mol. The molecule has 0 aliphatic carbocycles. The van der Waals surface area contributed by atoms with Gasteiger partial charge in [-0.05, 0) is 42.0 Å². The summed E-state index contributed by atoms with van der Waals surface area (Å²) in [4.78, 5) is 39.0. The Labute approximate surface area is 183 Å². The highest BCUT2D eigenvalue weighted by molar-refractivity contribution is 5.94. The minimum absolute atomic E-state index is 0.00195. The summed E-state index contributed by atoms with van der Waals surface area (Å²) in [6.07, 6.45) is 0.932. The minimum Gasteiger partial charge on any atom is -0.455 e. The average molecular weight is 423 g/mol. The maximum Gasteiger partial charge on any atom is 0.317 e. The number of esters is 1. The molecule has 1 N–H and O–H groups in total. The first-order chi connectivity index (χ1) is 14.8. The number of hydrogen-bond acceptors (Lipinski definition) is 4. The van der Waals surface area contributed by atoms with Gasteiger partial charge in [-0.15, -0.1) is 0 Å². The number of ether oxygens (including phenoxy) is 1. The number of carbonyl (C=O) groups is 3. The van der Waals surface area contributed by atoms with Crippen molar-refractivity contribution in [3.05, 3.63) is 65.7 Å². The van der Waals surface area contributed by atoms with Crippen LogP contribution in [0.5, 0.6) is 0 Å². The van der Waals surface area contributed by atoms with Crippen LogP contribution in [0.15, 0.2) is 54.6 Å². The molecule has 0 spiro atoms. The summed E-state index contributed by atoms with van der Waals surface area (Å²) in [7, 11) is 0. The molecule has 1 fully saturated rings. The van der Waals surface area contributed by atoms with Crippen molar-refractivity contribution < 1.29 is 19.1 Å². The first-order valence-corrected chi connectivity index (χ1v) is 10.7. The zero-order valence-electron chi connectivity index (χ0n) is 18.4. The molecule has 164 valence electrons. The van der Waals surface area contributed by atoms with Gasteiger partial charge < -0.3 is 15.0 Å². The van der Waals surface area contributed by atoms with Crippen LogP contribution >= 0.6 is 0 Å². The molecule has 2 aromatic carbocycles. The second-order valence-electron chi connectivity index (χ2n) is 8.36. The maximum absolute atomic E-state index is 13.2. The smallest absolute Gasteiger partial charge is 0.317 e. The van der Waals surface area contributed by atoms with E-state index in [1.165, 1.54) is 12.5 Å². The first kappa shape index (κ1) is 22.5. The average Bonchev–Trinajstić information content (AvgIpc) is 2.78. The molecule has 2 amide bonds. The van der Waals surface area contributed by atoms with Gasteiger partial charge in [0, 0.05) is 25.7 Å². The molecule has 0 bridgehead atoms. The third kappa shape index (κ3) is 5.32. The van der Waals surface area contributed by atoms with Gasteiger partial charge >= 0.3 is 5.97 Å². The zero-order valence-corrected chi connectivity index (χ0v) is 18.4. The number of rotatable bonds is 6. The van der Waals surface area contributed by atoms with Crippen LogP contribution in [0.4, 0.5) is 5.69 Å². The lowest BCUT2D eigenvalue weighted by molar-refractivity contribution is -0.156. The lowest BCUT2D eigenvalue weighted by atomic mass is 9.72. The van der Waals surface area contributed by atoms with Crippen LogP contribution in [0.2, 0.25) is 0 Å². The Balaban J connectivity index is 1.65. The fourth-order valence-electron chi connectivity index (χ4n) is 3.99. The summed E-state index contributed by atoms with van der Waals surface area (Å²) in [6.45, 7) is 6.36. The van der Waals surface area contributed by atoms with Crippen molar-refractivity contribution in [3.8, 4) is 0 Å². The number of hydrogen-bond donors (Lipinski definition) is 1. The second kappa shape index (κ2) is 9.77. The molecule has 1 aliphatic rings. The standard InChI is InChI=1S/C25H30N2O4/c1-18(2)20-9-11-22(12-10-20)26-23(29)17-31-24(30)25(21-7-5-4-6-8-21)13-15-27(16-14-25)19(3)28/h4-12,18H,13-17H2,1-3H3,(H,26,29). The Hall–Kier alpha value is -3.15. The molecule has 0 radical (unpaired) electrons. The third-order valence-electron chi connectivity index (χ3n) is 5.97. The van der Waals surface area contributed by atoms with Crippen molar-refractivity contribution in [1.82, 2.24) is 4.90 Å². The number of benzene rings is 2. The van der Waals surface area contributed by atoms with E-state index in [0.29, 0.717) is 37.5 Å².